The van der Waals surface area contributed by atoms with Gasteiger partial charge in [-0.15, -0.1) is 0 Å². The lowest BCUT2D eigenvalue weighted by Gasteiger charge is -2.21. The molecule has 0 saturated carbocycles. The number of hydrogen-bond acceptors (Lipinski definition) is 8. The smallest absolute Gasteiger partial charge is 0.338 e. The highest BCUT2D eigenvalue weighted by Crippen LogP contribution is 2.20. The van der Waals surface area contributed by atoms with Crippen molar-refractivity contribution in [1.82, 2.24) is 14.4 Å². The maximum atomic E-state index is 12.6. The Hall–Kier alpha value is -2.56. The third-order valence-electron chi connectivity index (χ3n) is 4.05. The predicted octanol–water partition coefficient (Wildman–Crippen LogP) is 3.18. The summed E-state index contributed by atoms with van der Waals surface area (Å²) in [5.74, 6) is -0.116. The monoisotopic (exact) mass is 421 g/mol. The molecule has 0 spiro atoms. The van der Waals surface area contributed by atoms with Crippen LogP contribution < -0.4 is 0 Å². The zero-order valence-electron chi connectivity index (χ0n) is 15.5. The van der Waals surface area contributed by atoms with Crippen molar-refractivity contribution < 1.29 is 22.5 Å². The molecule has 10 heteroatoms. The summed E-state index contributed by atoms with van der Waals surface area (Å²) < 4.78 is 36.7. The van der Waals surface area contributed by atoms with Crippen LogP contribution in [0.4, 0.5) is 0 Å². The zero-order valence-corrected chi connectivity index (χ0v) is 17.2. The van der Waals surface area contributed by atoms with Gasteiger partial charge in [-0.2, -0.15) is 20.6 Å². The fraction of sp³-hybridized carbons (Fsp3) is 0.278. The third-order valence-corrected chi connectivity index (χ3v) is 6.76. The van der Waals surface area contributed by atoms with Crippen molar-refractivity contribution in [2.24, 2.45) is 0 Å². The lowest BCUT2D eigenvalue weighted by atomic mass is 10.2. The summed E-state index contributed by atoms with van der Waals surface area (Å²) in [5, 5.41) is 7.60. The number of esters is 1. The Labute approximate surface area is 166 Å². The summed E-state index contributed by atoms with van der Waals surface area (Å²) in [7, 11) is -2.21. The van der Waals surface area contributed by atoms with Gasteiger partial charge >= 0.3 is 5.97 Å². The molecule has 0 radical (unpaired) electrons. The quantitative estimate of drug-likeness (QED) is 0.540. The van der Waals surface area contributed by atoms with E-state index in [2.05, 4.69) is 10.1 Å². The summed E-state index contributed by atoms with van der Waals surface area (Å²) in [5.41, 5.74) is 0.939. The van der Waals surface area contributed by atoms with E-state index in [-0.39, 0.29) is 29.0 Å². The minimum Gasteiger partial charge on any atom is -0.452 e. The minimum absolute atomic E-state index is 0.0238. The molecule has 1 aromatic carbocycles. The number of carbonyl (C=O) groups excluding carboxylic acids is 1. The van der Waals surface area contributed by atoms with E-state index in [1.54, 1.807) is 13.8 Å². The number of benzene rings is 1. The van der Waals surface area contributed by atoms with Crippen molar-refractivity contribution in [3.05, 3.63) is 52.5 Å². The van der Waals surface area contributed by atoms with E-state index in [1.165, 1.54) is 47.0 Å². The van der Waals surface area contributed by atoms with Gasteiger partial charge in [-0.3, -0.25) is 0 Å². The first-order valence-electron chi connectivity index (χ1n) is 8.39. The first-order chi connectivity index (χ1) is 13.3. The fourth-order valence-corrected chi connectivity index (χ4v) is 4.31. The van der Waals surface area contributed by atoms with E-state index in [4.69, 9.17) is 9.26 Å². The van der Waals surface area contributed by atoms with Crippen molar-refractivity contribution in [3.63, 3.8) is 0 Å². The van der Waals surface area contributed by atoms with Crippen molar-refractivity contribution >= 4 is 27.3 Å². The summed E-state index contributed by atoms with van der Waals surface area (Å²) in [6, 6.07) is 7.36. The van der Waals surface area contributed by atoms with Crippen LogP contribution in [-0.2, 0) is 21.4 Å². The Morgan fingerprint density at radius 3 is 2.79 bits per heavy atom. The lowest BCUT2D eigenvalue weighted by Crippen LogP contribution is -2.33. The number of nitrogens with zero attached hydrogens (tertiary/aromatic N) is 3. The van der Waals surface area contributed by atoms with Crippen LogP contribution in [0, 0.1) is 0 Å². The van der Waals surface area contributed by atoms with E-state index < -0.39 is 16.0 Å². The predicted molar refractivity (Wildman–Crippen MR) is 103 cm³/mol. The molecule has 8 nitrogen and oxygen atoms in total. The van der Waals surface area contributed by atoms with Gasteiger partial charge in [-0.25, -0.2) is 13.2 Å². The second-order valence-electron chi connectivity index (χ2n) is 6.24. The summed E-state index contributed by atoms with van der Waals surface area (Å²) in [6.45, 7) is 3.33. The van der Waals surface area contributed by atoms with Crippen LogP contribution in [0.25, 0.3) is 11.4 Å². The van der Waals surface area contributed by atoms with Gasteiger partial charge in [0.25, 0.3) is 5.89 Å². The third kappa shape index (κ3) is 4.29. The molecule has 0 aliphatic heterocycles. The Kier molecular flexibility index (Phi) is 5.92. The van der Waals surface area contributed by atoms with Gasteiger partial charge in [0.15, 0.2) is 6.61 Å². The van der Waals surface area contributed by atoms with E-state index >= 15 is 0 Å². The number of ether oxygens (including phenoxy) is 1. The molecule has 0 aliphatic rings. The standard InChI is InChI=1S/C18H19N3O5S2/c1-12(2)21(3)28(23,24)15-6-4-5-13(9-15)18(22)25-10-16-19-17(20-26-16)14-7-8-27-11-14/h4-9,11-12H,10H2,1-3H3. The van der Waals surface area contributed by atoms with Crippen molar-refractivity contribution in [3.8, 4) is 11.4 Å². The van der Waals surface area contributed by atoms with Crippen molar-refractivity contribution in [1.29, 1.82) is 0 Å². The summed E-state index contributed by atoms with van der Waals surface area (Å²) in [4.78, 5) is 16.5. The summed E-state index contributed by atoms with van der Waals surface area (Å²) >= 11 is 1.51. The van der Waals surface area contributed by atoms with Gasteiger partial charge in [-0.05, 0) is 43.5 Å². The van der Waals surface area contributed by atoms with Crippen LogP contribution in [0.3, 0.4) is 0 Å². The van der Waals surface area contributed by atoms with Gasteiger partial charge < -0.3 is 9.26 Å². The molecule has 0 unspecified atom stereocenters. The van der Waals surface area contributed by atoms with Gasteiger partial charge in [-0.1, -0.05) is 11.2 Å². The molecule has 148 valence electrons. The highest BCUT2D eigenvalue weighted by atomic mass is 32.2. The average molecular weight is 422 g/mol. The van der Waals surface area contributed by atoms with Crippen LogP contribution in [0.1, 0.15) is 30.1 Å². The molecule has 0 atom stereocenters. The van der Waals surface area contributed by atoms with Gasteiger partial charge in [0, 0.05) is 24.0 Å². The maximum Gasteiger partial charge on any atom is 0.338 e. The molecule has 0 bridgehead atoms. The first kappa shape index (κ1) is 20.2. The van der Waals surface area contributed by atoms with E-state index in [0.29, 0.717) is 5.82 Å². The normalized spacial score (nSPS) is 11.9. The number of aromatic nitrogens is 2. The lowest BCUT2D eigenvalue weighted by molar-refractivity contribution is 0.0429. The van der Waals surface area contributed by atoms with Crippen LogP contribution in [0.5, 0.6) is 0 Å². The van der Waals surface area contributed by atoms with Crippen LogP contribution in [0.2, 0.25) is 0 Å². The van der Waals surface area contributed by atoms with Crippen LogP contribution in [-0.4, -0.2) is 41.9 Å². The van der Waals surface area contributed by atoms with E-state index in [9.17, 15) is 13.2 Å². The molecule has 3 aromatic rings. The topological polar surface area (TPSA) is 103 Å². The van der Waals surface area contributed by atoms with Crippen LogP contribution >= 0.6 is 11.3 Å². The largest absolute Gasteiger partial charge is 0.452 e. The van der Waals surface area contributed by atoms with Crippen LogP contribution in [0.15, 0.2) is 50.5 Å². The van der Waals surface area contributed by atoms with Gasteiger partial charge in [0.1, 0.15) is 0 Å². The molecule has 3 rings (SSSR count). The number of hydrogen-bond donors (Lipinski definition) is 0. The Morgan fingerprint density at radius 2 is 2.11 bits per heavy atom. The molecule has 0 aliphatic carbocycles. The SMILES string of the molecule is CC(C)N(C)S(=O)(=O)c1cccc(C(=O)OCc2nc(-c3ccsc3)no2)c1. The van der Waals surface area contributed by atoms with E-state index in [0.717, 1.165) is 5.56 Å². The Bertz CT molecular complexity index is 1060. The molecule has 2 aromatic heterocycles. The number of thiophene rings is 1. The highest BCUT2D eigenvalue weighted by Gasteiger charge is 2.24. The Balaban J connectivity index is 1.70. The van der Waals surface area contributed by atoms with E-state index in [1.807, 2.05) is 16.8 Å². The molecule has 0 fully saturated rings. The zero-order chi connectivity index (χ0) is 20.3. The molecule has 2 heterocycles. The van der Waals surface area contributed by atoms with Gasteiger partial charge in [0.05, 0.1) is 10.5 Å². The minimum atomic E-state index is -3.70. The fourth-order valence-electron chi connectivity index (χ4n) is 2.26. The highest BCUT2D eigenvalue weighted by molar-refractivity contribution is 7.89. The second kappa shape index (κ2) is 8.21. The Morgan fingerprint density at radius 1 is 1.32 bits per heavy atom. The number of sulfonamides is 1. The van der Waals surface area contributed by atoms with Crippen molar-refractivity contribution in [2.45, 2.75) is 31.4 Å². The molecular weight excluding hydrogens is 402 g/mol. The first-order valence-corrected chi connectivity index (χ1v) is 10.8. The van der Waals surface area contributed by atoms with Gasteiger partial charge in [0.2, 0.25) is 15.8 Å². The number of carbonyl (C=O) groups is 1. The van der Waals surface area contributed by atoms with Crippen molar-refractivity contribution in [2.75, 3.05) is 7.05 Å². The summed E-state index contributed by atoms with van der Waals surface area (Å²) in [6.07, 6.45) is 0. The second-order valence-corrected chi connectivity index (χ2v) is 9.02. The maximum absolute atomic E-state index is 12.6. The molecular formula is C18H19N3O5S2. The molecule has 0 amide bonds. The molecule has 0 N–H and O–H groups in total. The molecule has 0 saturated heterocycles. The number of rotatable bonds is 7. The average Bonchev–Trinajstić information content (AvgIpc) is 3.37. The molecule has 28 heavy (non-hydrogen) atoms.